The summed E-state index contributed by atoms with van der Waals surface area (Å²) in [6.45, 7) is 2.66. The summed E-state index contributed by atoms with van der Waals surface area (Å²) in [5.74, 6) is 0.00623. The van der Waals surface area contributed by atoms with E-state index in [9.17, 15) is 14.3 Å². The maximum absolute atomic E-state index is 13.0. The van der Waals surface area contributed by atoms with Crippen molar-refractivity contribution in [3.8, 4) is 5.75 Å². The maximum Gasteiger partial charge on any atom is 0.255 e. The summed E-state index contributed by atoms with van der Waals surface area (Å²) in [6, 6.07) is 3.36. The van der Waals surface area contributed by atoms with Crippen LogP contribution in [-0.4, -0.2) is 17.6 Å². The predicted molar refractivity (Wildman–Crippen MR) is 62.3 cm³/mol. The zero-order valence-electron chi connectivity index (χ0n) is 9.74. The molecule has 92 valence electrons. The summed E-state index contributed by atoms with van der Waals surface area (Å²) >= 11 is 0. The molecule has 0 radical (unpaired) electrons. The van der Waals surface area contributed by atoms with Crippen LogP contribution >= 0.6 is 0 Å². The van der Waals surface area contributed by atoms with Crippen LogP contribution in [0.4, 0.5) is 4.39 Å². The van der Waals surface area contributed by atoms with Gasteiger partial charge in [-0.25, -0.2) is 4.39 Å². The van der Waals surface area contributed by atoms with E-state index in [2.05, 4.69) is 12.2 Å². The van der Waals surface area contributed by atoms with Gasteiger partial charge in [0.2, 0.25) is 0 Å². The van der Waals surface area contributed by atoms with Crippen molar-refractivity contribution in [1.29, 1.82) is 0 Å². The van der Waals surface area contributed by atoms with Gasteiger partial charge in [0.1, 0.15) is 11.6 Å². The van der Waals surface area contributed by atoms with Gasteiger partial charge >= 0.3 is 0 Å². The van der Waals surface area contributed by atoms with Gasteiger partial charge in [-0.15, -0.1) is 0 Å². The highest BCUT2D eigenvalue weighted by Gasteiger charge is 2.28. The SMILES string of the molecule is CC(CNC(=O)c1cc(F)ccc1O)C1CC1. The molecule has 0 heterocycles. The highest BCUT2D eigenvalue weighted by Crippen LogP contribution is 2.36. The lowest BCUT2D eigenvalue weighted by Gasteiger charge is -2.12. The van der Waals surface area contributed by atoms with Crippen molar-refractivity contribution in [3.05, 3.63) is 29.6 Å². The largest absolute Gasteiger partial charge is 0.507 e. The Hall–Kier alpha value is -1.58. The van der Waals surface area contributed by atoms with Crippen molar-refractivity contribution in [2.75, 3.05) is 6.54 Å². The van der Waals surface area contributed by atoms with Gasteiger partial charge in [0.25, 0.3) is 5.91 Å². The van der Waals surface area contributed by atoms with Crippen molar-refractivity contribution in [3.63, 3.8) is 0 Å². The monoisotopic (exact) mass is 237 g/mol. The van der Waals surface area contributed by atoms with Crippen LogP contribution in [0.3, 0.4) is 0 Å². The maximum atomic E-state index is 13.0. The van der Waals surface area contributed by atoms with Crippen LogP contribution < -0.4 is 5.32 Å². The molecular formula is C13H16FNO2. The number of hydrogen-bond donors (Lipinski definition) is 2. The van der Waals surface area contributed by atoms with Crippen molar-refractivity contribution in [2.45, 2.75) is 19.8 Å². The lowest BCUT2D eigenvalue weighted by atomic mass is 10.1. The first-order valence-electron chi connectivity index (χ1n) is 5.84. The fraction of sp³-hybridized carbons (Fsp3) is 0.462. The molecule has 1 atom stereocenters. The van der Waals surface area contributed by atoms with E-state index in [0.717, 1.165) is 12.1 Å². The number of nitrogens with one attached hydrogen (secondary N) is 1. The lowest BCUT2D eigenvalue weighted by Crippen LogP contribution is -2.29. The molecular weight excluding hydrogens is 221 g/mol. The van der Waals surface area contributed by atoms with Gasteiger partial charge in [-0.05, 0) is 42.9 Å². The van der Waals surface area contributed by atoms with Gasteiger partial charge in [-0.1, -0.05) is 6.92 Å². The Balaban J connectivity index is 1.96. The Labute approximate surface area is 99.7 Å². The third kappa shape index (κ3) is 2.96. The molecule has 1 unspecified atom stereocenters. The molecule has 0 bridgehead atoms. The third-order valence-corrected chi connectivity index (χ3v) is 3.21. The van der Waals surface area contributed by atoms with Gasteiger partial charge in [0, 0.05) is 6.54 Å². The summed E-state index contributed by atoms with van der Waals surface area (Å²) in [7, 11) is 0. The Morgan fingerprint density at radius 1 is 1.59 bits per heavy atom. The second-order valence-electron chi connectivity index (χ2n) is 4.69. The smallest absolute Gasteiger partial charge is 0.255 e. The number of amides is 1. The van der Waals surface area contributed by atoms with Crippen LogP contribution in [0.1, 0.15) is 30.1 Å². The Bertz CT molecular complexity index is 429. The molecule has 1 aliphatic carbocycles. The van der Waals surface area contributed by atoms with E-state index >= 15 is 0 Å². The van der Waals surface area contributed by atoms with Crippen LogP contribution in [0, 0.1) is 17.7 Å². The average molecular weight is 237 g/mol. The molecule has 4 heteroatoms. The predicted octanol–water partition coefficient (Wildman–Crippen LogP) is 2.31. The number of halogens is 1. The minimum Gasteiger partial charge on any atom is -0.507 e. The summed E-state index contributed by atoms with van der Waals surface area (Å²) in [6.07, 6.45) is 2.45. The molecule has 17 heavy (non-hydrogen) atoms. The van der Waals surface area contributed by atoms with Crippen molar-refractivity contribution < 1.29 is 14.3 Å². The first-order chi connectivity index (χ1) is 8.08. The number of benzene rings is 1. The second-order valence-corrected chi connectivity index (χ2v) is 4.69. The van der Waals surface area contributed by atoms with Crippen LogP contribution in [-0.2, 0) is 0 Å². The van der Waals surface area contributed by atoms with Crippen LogP contribution in [0.2, 0.25) is 0 Å². The average Bonchev–Trinajstić information content (AvgIpc) is 3.12. The van der Waals surface area contributed by atoms with E-state index in [4.69, 9.17) is 0 Å². The van der Waals surface area contributed by atoms with E-state index in [0.29, 0.717) is 18.4 Å². The number of hydrogen-bond acceptors (Lipinski definition) is 2. The number of phenolic OH excluding ortho intramolecular Hbond substituents is 1. The number of carbonyl (C=O) groups excluding carboxylic acids is 1. The van der Waals surface area contributed by atoms with Gasteiger partial charge in [-0.3, -0.25) is 4.79 Å². The number of aromatic hydroxyl groups is 1. The van der Waals surface area contributed by atoms with E-state index in [1.165, 1.54) is 18.9 Å². The topological polar surface area (TPSA) is 49.3 Å². The van der Waals surface area contributed by atoms with Gasteiger partial charge in [-0.2, -0.15) is 0 Å². The van der Waals surface area contributed by atoms with Crippen LogP contribution in [0.25, 0.3) is 0 Å². The molecule has 2 N–H and O–H groups in total. The molecule has 1 aromatic carbocycles. The fourth-order valence-corrected chi connectivity index (χ4v) is 1.87. The number of phenols is 1. The first-order valence-corrected chi connectivity index (χ1v) is 5.84. The molecule has 1 amide bonds. The van der Waals surface area contributed by atoms with Gasteiger partial charge in [0.15, 0.2) is 0 Å². The number of rotatable bonds is 4. The van der Waals surface area contributed by atoms with Gasteiger partial charge < -0.3 is 10.4 Å². The molecule has 0 saturated heterocycles. The minimum atomic E-state index is -0.525. The molecule has 0 aromatic heterocycles. The van der Waals surface area contributed by atoms with E-state index in [1.807, 2.05) is 0 Å². The molecule has 2 rings (SSSR count). The Morgan fingerprint density at radius 2 is 2.29 bits per heavy atom. The summed E-state index contributed by atoms with van der Waals surface area (Å²) in [4.78, 5) is 11.7. The standard InChI is InChI=1S/C13H16FNO2/c1-8(9-2-3-9)7-15-13(17)11-6-10(14)4-5-12(11)16/h4-6,8-9,16H,2-3,7H2,1H3,(H,15,17). The quantitative estimate of drug-likeness (QED) is 0.844. The summed E-state index contributed by atoms with van der Waals surface area (Å²) < 4.78 is 13.0. The summed E-state index contributed by atoms with van der Waals surface area (Å²) in [5.41, 5.74) is -0.00648. The minimum absolute atomic E-state index is 0.00648. The lowest BCUT2D eigenvalue weighted by molar-refractivity contribution is 0.0943. The molecule has 0 aliphatic heterocycles. The van der Waals surface area contributed by atoms with Gasteiger partial charge in [0.05, 0.1) is 5.56 Å². The second kappa shape index (κ2) is 4.73. The molecule has 1 saturated carbocycles. The van der Waals surface area contributed by atoms with E-state index in [1.54, 1.807) is 0 Å². The van der Waals surface area contributed by atoms with E-state index in [-0.39, 0.29) is 11.3 Å². The normalized spacial score (nSPS) is 16.6. The van der Waals surface area contributed by atoms with Crippen molar-refractivity contribution in [1.82, 2.24) is 5.32 Å². The Morgan fingerprint density at radius 3 is 2.94 bits per heavy atom. The van der Waals surface area contributed by atoms with Crippen molar-refractivity contribution >= 4 is 5.91 Å². The number of carbonyl (C=O) groups is 1. The van der Waals surface area contributed by atoms with Crippen LogP contribution in [0.5, 0.6) is 5.75 Å². The third-order valence-electron chi connectivity index (χ3n) is 3.21. The molecule has 3 nitrogen and oxygen atoms in total. The molecule has 1 aromatic rings. The first kappa shape index (κ1) is 11.9. The fourth-order valence-electron chi connectivity index (χ4n) is 1.87. The highest BCUT2D eigenvalue weighted by molar-refractivity contribution is 5.96. The molecule has 1 fully saturated rings. The zero-order chi connectivity index (χ0) is 12.4. The summed E-state index contributed by atoms with van der Waals surface area (Å²) in [5, 5.41) is 12.2. The Kier molecular flexibility index (Phi) is 3.31. The van der Waals surface area contributed by atoms with Crippen LogP contribution in [0.15, 0.2) is 18.2 Å². The molecule has 1 aliphatic rings. The molecule has 0 spiro atoms. The van der Waals surface area contributed by atoms with Crippen molar-refractivity contribution in [2.24, 2.45) is 11.8 Å². The highest BCUT2D eigenvalue weighted by atomic mass is 19.1. The van der Waals surface area contributed by atoms with E-state index < -0.39 is 11.7 Å². The zero-order valence-corrected chi connectivity index (χ0v) is 9.74.